The molecule has 0 amide bonds. The van der Waals surface area contributed by atoms with E-state index in [9.17, 15) is 4.39 Å². The van der Waals surface area contributed by atoms with Crippen LogP contribution >= 0.6 is 15.9 Å². The molecule has 2 N–H and O–H groups in total. The molecule has 1 aromatic heterocycles. The van der Waals surface area contributed by atoms with Crippen LogP contribution in [0.3, 0.4) is 0 Å². The lowest BCUT2D eigenvalue weighted by atomic mass is 10.0. The molecule has 1 heterocycles. The Hall–Kier alpha value is -1.20. The normalized spacial score (nSPS) is 12.7. The second-order valence-electron chi connectivity index (χ2n) is 4.02. The van der Waals surface area contributed by atoms with E-state index in [1.54, 1.807) is 23.1 Å². The third-order valence-electron chi connectivity index (χ3n) is 2.42. The molecule has 0 aliphatic carbocycles. The molecule has 5 heteroatoms. The Labute approximate surface area is 108 Å². The van der Waals surface area contributed by atoms with Crippen LogP contribution in [0.15, 0.2) is 35.1 Å². The molecule has 1 atom stereocenters. The first-order chi connectivity index (χ1) is 8.08. The number of nitrogens with zero attached hydrogens (tertiary/aromatic N) is 2. The molecule has 0 fully saturated rings. The highest BCUT2D eigenvalue weighted by atomic mass is 79.9. The Morgan fingerprint density at radius 3 is 2.88 bits per heavy atom. The highest BCUT2D eigenvalue weighted by Gasteiger charge is 2.12. The molecule has 90 valence electrons. The predicted molar refractivity (Wildman–Crippen MR) is 68.6 cm³/mol. The lowest BCUT2D eigenvalue weighted by Crippen LogP contribution is -2.20. The summed E-state index contributed by atoms with van der Waals surface area (Å²) >= 11 is 3.32. The van der Waals surface area contributed by atoms with Gasteiger partial charge in [0.05, 0.1) is 16.4 Å². The fourth-order valence-corrected chi connectivity index (χ4v) is 2.00. The summed E-state index contributed by atoms with van der Waals surface area (Å²) in [7, 11) is 0. The molecular weight excluding hydrogens is 285 g/mol. The first kappa shape index (κ1) is 12.3. The zero-order chi connectivity index (χ0) is 12.4. The molecule has 2 rings (SSSR count). The van der Waals surface area contributed by atoms with Crippen molar-refractivity contribution in [1.82, 2.24) is 9.78 Å². The van der Waals surface area contributed by atoms with Gasteiger partial charge in [-0.1, -0.05) is 6.07 Å². The molecule has 1 unspecified atom stereocenters. The molecule has 0 bridgehead atoms. The van der Waals surface area contributed by atoms with E-state index in [1.807, 2.05) is 13.0 Å². The first-order valence-electron chi connectivity index (χ1n) is 5.31. The SMILES string of the molecule is CC(N)Cc1c(F)cccc1-n1cc(Br)cn1. The summed E-state index contributed by atoms with van der Waals surface area (Å²) in [5.41, 5.74) is 7.06. The molecule has 0 aliphatic rings. The standard InChI is InChI=1S/C12H13BrFN3/c1-8(15)5-10-11(14)3-2-4-12(10)17-7-9(13)6-16-17/h2-4,6-8H,5,15H2,1H3. The number of nitrogens with two attached hydrogens (primary N) is 1. The summed E-state index contributed by atoms with van der Waals surface area (Å²) in [6, 6.07) is 4.86. The fourth-order valence-electron chi connectivity index (χ4n) is 1.72. The number of halogens is 2. The van der Waals surface area contributed by atoms with Crippen LogP contribution in [0, 0.1) is 5.82 Å². The maximum Gasteiger partial charge on any atom is 0.128 e. The van der Waals surface area contributed by atoms with E-state index in [2.05, 4.69) is 21.0 Å². The van der Waals surface area contributed by atoms with Crippen LogP contribution in [0.2, 0.25) is 0 Å². The Morgan fingerprint density at radius 2 is 2.29 bits per heavy atom. The highest BCUT2D eigenvalue weighted by molar-refractivity contribution is 9.10. The van der Waals surface area contributed by atoms with Gasteiger partial charge in [0, 0.05) is 17.8 Å². The maximum absolute atomic E-state index is 13.8. The fraction of sp³-hybridized carbons (Fsp3) is 0.250. The van der Waals surface area contributed by atoms with Gasteiger partial charge in [0.1, 0.15) is 5.82 Å². The van der Waals surface area contributed by atoms with Gasteiger partial charge in [-0.3, -0.25) is 0 Å². The van der Waals surface area contributed by atoms with Crippen LogP contribution in [0.1, 0.15) is 12.5 Å². The van der Waals surface area contributed by atoms with Gasteiger partial charge in [0.15, 0.2) is 0 Å². The van der Waals surface area contributed by atoms with Gasteiger partial charge in [-0.25, -0.2) is 9.07 Å². The maximum atomic E-state index is 13.8. The number of rotatable bonds is 3. The number of hydrogen-bond acceptors (Lipinski definition) is 2. The van der Waals surface area contributed by atoms with Gasteiger partial charge in [0.2, 0.25) is 0 Å². The van der Waals surface area contributed by atoms with E-state index in [4.69, 9.17) is 5.73 Å². The van der Waals surface area contributed by atoms with E-state index in [0.29, 0.717) is 12.0 Å². The van der Waals surface area contributed by atoms with Crippen LogP contribution in [0.4, 0.5) is 4.39 Å². The quantitative estimate of drug-likeness (QED) is 0.946. The molecule has 0 saturated heterocycles. The van der Waals surface area contributed by atoms with Crippen molar-refractivity contribution in [2.45, 2.75) is 19.4 Å². The van der Waals surface area contributed by atoms with E-state index in [-0.39, 0.29) is 11.9 Å². The zero-order valence-electron chi connectivity index (χ0n) is 9.40. The average molecular weight is 298 g/mol. The van der Waals surface area contributed by atoms with Crippen LogP contribution in [0.5, 0.6) is 0 Å². The van der Waals surface area contributed by atoms with Crippen molar-refractivity contribution in [3.8, 4) is 5.69 Å². The largest absolute Gasteiger partial charge is 0.328 e. The molecule has 0 radical (unpaired) electrons. The van der Waals surface area contributed by atoms with Gasteiger partial charge in [-0.15, -0.1) is 0 Å². The second-order valence-corrected chi connectivity index (χ2v) is 4.94. The smallest absolute Gasteiger partial charge is 0.128 e. The number of aromatic nitrogens is 2. The summed E-state index contributed by atoms with van der Waals surface area (Å²) in [6.45, 7) is 1.86. The summed E-state index contributed by atoms with van der Waals surface area (Å²) in [4.78, 5) is 0. The summed E-state index contributed by atoms with van der Waals surface area (Å²) in [5.74, 6) is -0.244. The van der Waals surface area contributed by atoms with Gasteiger partial charge in [-0.05, 0) is 41.4 Å². The third kappa shape index (κ3) is 2.73. The molecule has 0 spiro atoms. The van der Waals surface area contributed by atoms with Crippen LogP contribution in [0.25, 0.3) is 5.69 Å². The van der Waals surface area contributed by atoms with Gasteiger partial charge in [-0.2, -0.15) is 5.10 Å². The highest BCUT2D eigenvalue weighted by Crippen LogP contribution is 2.20. The Bertz CT molecular complexity index is 522. The average Bonchev–Trinajstić information content (AvgIpc) is 2.67. The van der Waals surface area contributed by atoms with Gasteiger partial charge in [0.25, 0.3) is 0 Å². The van der Waals surface area contributed by atoms with E-state index in [1.165, 1.54) is 6.07 Å². The van der Waals surface area contributed by atoms with Crippen molar-refractivity contribution in [2.75, 3.05) is 0 Å². The molecular formula is C12H13BrFN3. The van der Waals surface area contributed by atoms with Crippen molar-refractivity contribution in [2.24, 2.45) is 5.73 Å². The number of benzene rings is 1. The van der Waals surface area contributed by atoms with E-state index < -0.39 is 0 Å². The van der Waals surface area contributed by atoms with Crippen molar-refractivity contribution < 1.29 is 4.39 Å². The van der Waals surface area contributed by atoms with Crippen molar-refractivity contribution in [3.63, 3.8) is 0 Å². The topological polar surface area (TPSA) is 43.8 Å². The minimum Gasteiger partial charge on any atom is -0.328 e. The van der Waals surface area contributed by atoms with E-state index >= 15 is 0 Å². The van der Waals surface area contributed by atoms with Crippen LogP contribution in [-0.2, 0) is 6.42 Å². The predicted octanol–water partition coefficient (Wildman–Crippen LogP) is 2.66. The Balaban J connectivity index is 2.49. The van der Waals surface area contributed by atoms with Crippen molar-refractivity contribution in [1.29, 1.82) is 0 Å². The Kier molecular flexibility index (Phi) is 3.59. The van der Waals surface area contributed by atoms with Crippen molar-refractivity contribution in [3.05, 3.63) is 46.4 Å². The molecule has 0 saturated carbocycles. The summed E-state index contributed by atoms with van der Waals surface area (Å²) in [6.07, 6.45) is 3.94. The second kappa shape index (κ2) is 4.98. The summed E-state index contributed by atoms with van der Waals surface area (Å²) in [5, 5.41) is 4.16. The molecule has 0 aliphatic heterocycles. The molecule has 2 aromatic rings. The minimum absolute atomic E-state index is 0.0929. The van der Waals surface area contributed by atoms with Crippen molar-refractivity contribution >= 4 is 15.9 Å². The zero-order valence-corrected chi connectivity index (χ0v) is 11.0. The van der Waals surface area contributed by atoms with Gasteiger partial charge >= 0.3 is 0 Å². The van der Waals surface area contributed by atoms with E-state index in [0.717, 1.165) is 10.2 Å². The lowest BCUT2D eigenvalue weighted by molar-refractivity contribution is 0.592. The lowest BCUT2D eigenvalue weighted by Gasteiger charge is -2.12. The van der Waals surface area contributed by atoms with Crippen LogP contribution < -0.4 is 5.73 Å². The minimum atomic E-state index is -0.244. The molecule has 3 nitrogen and oxygen atoms in total. The molecule has 17 heavy (non-hydrogen) atoms. The first-order valence-corrected chi connectivity index (χ1v) is 6.10. The monoisotopic (exact) mass is 297 g/mol. The summed E-state index contributed by atoms with van der Waals surface area (Å²) < 4.78 is 16.3. The van der Waals surface area contributed by atoms with Crippen LogP contribution in [-0.4, -0.2) is 15.8 Å². The number of hydrogen-bond donors (Lipinski definition) is 1. The third-order valence-corrected chi connectivity index (χ3v) is 2.83. The molecule has 1 aromatic carbocycles. The Morgan fingerprint density at radius 1 is 1.53 bits per heavy atom. The van der Waals surface area contributed by atoms with Gasteiger partial charge < -0.3 is 5.73 Å².